The first-order chi connectivity index (χ1) is 9.81. The molecular formula is C17H31N3. The first kappa shape index (κ1) is 18.8. The van der Waals surface area contributed by atoms with Gasteiger partial charge in [-0.25, -0.2) is 0 Å². The zero-order valence-corrected chi connectivity index (χ0v) is 13.8. The maximum atomic E-state index is 4.19. The van der Waals surface area contributed by atoms with Crippen molar-refractivity contribution in [2.24, 2.45) is 4.99 Å². The molecule has 1 aliphatic heterocycles. The lowest BCUT2D eigenvalue weighted by molar-refractivity contribution is 0.222. The van der Waals surface area contributed by atoms with Gasteiger partial charge in [-0.1, -0.05) is 26.8 Å². The van der Waals surface area contributed by atoms with Crippen molar-refractivity contribution in [3.63, 3.8) is 0 Å². The lowest BCUT2D eigenvalue weighted by Crippen LogP contribution is -2.32. The molecule has 0 spiro atoms. The molecule has 1 aromatic rings. The number of likely N-dealkylation sites (tertiary alicyclic amines) is 1. The Hall–Kier alpha value is -1.22. The van der Waals surface area contributed by atoms with Gasteiger partial charge in [-0.3, -0.25) is 4.98 Å². The van der Waals surface area contributed by atoms with Crippen LogP contribution in [0.1, 0.15) is 52.0 Å². The van der Waals surface area contributed by atoms with E-state index in [0.29, 0.717) is 0 Å². The minimum absolute atomic E-state index is 0.742. The summed E-state index contributed by atoms with van der Waals surface area (Å²) in [6.45, 7) is 11.8. The predicted molar refractivity (Wildman–Crippen MR) is 89.8 cm³/mol. The number of aromatic nitrogens is 1. The third-order valence-electron chi connectivity index (χ3n) is 3.45. The summed E-state index contributed by atoms with van der Waals surface area (Å²) in [5, 5.41) is 0. The molecule has 0 aliphatic carbocycles. The smallest absolute Gasteiger partial charge is 0.0302 e. The van der Waals surface area contributed by atoms with Crippen LogP contribution in [-0.2, 0) is 0 Å². The highest BCUT2D eigenvalue weighted by molar-refractivity contribution is 5.52. The highest BCUT2D eigenvalue weighted by Gasteiger charge is 2.19. The third-order valence-corrected chi connectivity index (χ3v) is 3.45. The Bertz CT molecular complexity index is 323. The van der Waals surface area contributed by atoms with Crippen LogP contribution >= 0.6 is 0 Å². The summed E-state index contributed by atoms with van der Waals surface area (Å²) >= 11 is 0. The topological polar surface area (TPSA) is 28.5 Å². The second-order valence-electron chi connectivity index (χ2n) is 4.51. The van der Waals surface area contributed by atoms with E-state index >= 15 is 0 Å². The van der Waals surface area contributed by atoms with Gasteiger partial charge in [0.15, 0.2) is 0 Å². The fourth-order valence-corrected chi connectivity index (χ4v) is 2.20. The molecule has 1 saturated heterocycles. The average Bonchev–Trinajstić information content (AvgIpc) is 2.58. The first-order valence-corrected chi connectivity index (χ1v) is 7.80. The van der Waals surface area contributed by atoms with Gasteiger partial charge in [-0.05, 0) is 63.2 Å². The first-order valence-electron chi connectivity index (χ1n) is 7.80. The molecule has 2 rings (SSSR count). The van der Waals surface area contributed by atoms with E-state index in [0.717, 1.165) is 5.92 Å². The number of aliphatic imine (C=N–C) groups is 1. The number of hydrogen-bond acceptors (Lipinski definition) is 3. The van der Waals surface area contributed by atoms with Crippen LogP contribution in [0.4, 0.5) is 0 Å². The summed E-state index contributed by atoms with van der Waals surface area (Å²) in [5.74, 6) is 0.742. The highest BCUT2D eigenvalue weighted by Crippen LogP contribution is 2.26. The Morgan fingerprint density at radius 3 is 2.35 bits per heavy atom. The molecule has 20 heavy (non-hydrogen) atoms. The number of nitrogens with zero attached hydrogens (tertiary/aromatic N) is 3. The van der Waals surface area contributed by atoms with Gasteiger partial charge in [0.25, 0.3) is 0 Å². The summed E-state index contributed by atoms with van der Waals surface area (Å²) < 4.78 is 0. The minimum atomic E-state index is 0.742. The van der Waals surface area contributed by atoms with Gasteiger partial charge in [0.1, 0.15) is 0 Å². The molecule has 1 aromatic heterocycles. The summed E-state index contributed by atoms with van der Waals surface area (Å²) in [7, 11) is 1.75. The molecule has 1 aliphatic rings. The van der Waals surface area contributed by atoms with E-state index in [1.54, 1.807) is 13.3 Å². The summed E-state index contributed by atoms with van der Waals surface area (Å²) in [4.78, 5) is 10.3. The highest BCUT2D eigenvalue weighted by atomic mass is 15.1. The number of hydrogen-bond donors (Lipinski definition) is 0. The predicted octanol–water partition coefficient (Wildman–Crippen LogP) is 4.01. The summed E-state index contributed by atoms with van der Waals surface area (Å²) in [5.41, 5.74) is 1.42. The van der Waals surface area contributed by atoms with Crippen LogP contribution in [0.15, 0.2) is 29.5 Å². The molecule has 0 N–H and O–H groups in total. The second kappa shape index (κ2) is 12.8. The molecule has 114 valence electrons. The quantitative estimate of drug-likeness (QED) is 0.764. The van der Waals surface area contributed by atoms with Crippen LogP contribution in [0, 0.1) is 0 Å². The fourth-order valence-electron chi connectivity index (χ4n) is 2.20. The molecule has 3 heteroatoms. The average molecular weight is 277 g/mol. The van der Waals surface area contributed by atoms with Gasteiger partial charge < -0.3 is 9.89 Å². The van der Waals surface area contributed by atoms with Crippen molar-refractivity contribution < 1.29 is 0 Å². The van der Waals surface area contributed by atoms with Crippen LogP contribution in [0.3, 0.4) is 0 Å². The number of rotatable bonds is 2. The monoisotopic (exact) mass is 277 g/mol. The summed E-state index contributed by atoms with van der Waals surface area (Å²) in [6.07, 6.45) is 8.20. The van der Waals surface area contributed by atoms with Crippen molar-refractivity contribution >= 4 is 6.21 Å². The molecule has 0 radical (unpaired) electrons. The van der Waals surface area contributed by atoms with E-state index in [1.165, 1.54) is 38.0 Å². The van der Waals surface area contributed by atoms with Crippen molar-refractivity contribution in [1.82, 2.24) is 9.88 Å². The van der Waals surface area contributed by atoms with Gasteiger partial charge in [-0.15, -0.1) is 0 Å². The Morgan fingerprint density at radius 1 is 1.35 bits per heavy atom. The van der Waals surface area contributed by atoms with Crippen molar-refractivity contribution in [2.75, 3.05) is 26.7 Å². The lowest BCUT2D eigenvalue weighted by Gasteiger charge is -2.30. The molecule has 0 bridgehead atoms. The van der Waals surface area contributed by atoms with E-state index in [1.807, 2.05) is 39.2 Å². The largest absolute Gasteiger partial charge is 0.304 e. The fraction of sp³-hybridized carbons (Fsp3) is 0.647. The van der Waals surface area contributed by atoms with Crippen molar-refractivity contribution in [2.45, 2.75) is 46.5 Å². The maximum Gasteiger partial charge on any atom is 0.0302 e. The van der Waals surface area contributed by atoms with Crippen LogP contribution in [0.2, 0.25) is 0 Å². The second-order valence-corrected chi connectivity index (χ2v) is 4.51. The van der Waals surface area contributed by atoms with Crippen LogP contribution in [0.25, 0.3) is 0 Å². The minimum Gasteiger partial charge on any atom is -0.304 e. The normalized spacial score (nSPS) is 16.1. The Kier molecular flexibility index (Phi) is 12.0. The number of pyridine rings is 1. The van der Waals surface area contributed by atoms with Crippen molar-refractivity contribution in [1.29, 1.82) is 0 Å². The molecule has 0 aromatic carbocycles. The Labute approximate surface area is 125 Å². The molecule has 0 amide bonds. The molecule has 0 unspecified atom stereocenters. The van der Waals surface area contributed by atoms with Crippen LogP contribution < -0.4 is 0 Å². The maximum absolute atomic E-state index is 4.19. The van der Waals surface area contributed by atoms with Gasteiger partial charge in [0.2, 0.25) is 0 Å². The van der Waals surface area contributed by atoms with E-state index in [4.69, 9.17) is 0 Å². The van der Waals surface area contributed by atoms with Gasteiger partial charge >= 0.3 is 0 Å². The Balaban J connectivity index is 0.000000521. The molecule has 0 atom stereocenters. The summed E-state index contributed by atoms with van der Waals surface area (Å²) in [6, 6.07) is 4.25. The zero-order chi connectivity index (χ0) is 15.2. The zero-order valence-electron chi connectivity index (χ0n) is 13.8. The van der Waals surface area contributed by atoms with E-state index in [9.17, 15) is 0 Å². The standard InChI is InChI=1S/C12H18N2.C3H7N.C2H6/c1-2-14-8-5-11(6-9-14)12-4-3-7-13-10-12;1-3-4-2;1-2/h3-4,7,10-11H,2,5-6,8-9H2,1H3;3H,1-2H3;1-2H3. The van der Waals surface area contributed by atoms with Crippen LogP contribution in [0.5, 0.6) is 0 Å². The van der Waals surface area contributed by atoms with E-state index in [2.05, 4.69) is 27.9 Å². The molecular weight excluding hydrogens is 246 g/mol. The third kappa shape index (κ3) is 7.39. The SMILES string of the molecule is CC.CC=NC.CCN1CCC(c2cccnc2)CC1. The van der Waals surface area contributed by atoms with Gasteiger partial charge in [0.05, 0.1) is 0 Å². The molecule has 3 nitrogen and oxygen atoms in total. The lowest BCUT2D eigenvalue weighted by atomic mass is 9.90. The molecule has 1 fully saturated rings. The number of piperidine rings is 1. The van der Waals surface area contributed by atoms with E-state index < -0.39 is 0 Å². The van der Waals surface area contributed by atoms with Gasteiger partial charge in [-0.2, -0.15) is 0 Å². The van der Waals surface area contributed by atoms with E-state index in [-0.39, 0.29) is 0 Å². The van der Waals surface area contributed by atoms with Crippen molar-refractivity contribution in [3.05, 3.63) is 30.1 Å². The molecule has 0 saturated carbocycles. The van der Waals surface area contributed by atoms with Crippen LogP contribution in [-0.4, -0.2) is 42.8 Å². The van der Waals surface area contributed by atoms with Gasteiger partial charge in [0, 0.05) is 19.4 Å². The molecule has 2 heterocycles. The van der Waals surface area contributed by atoms with Crippen molar-refractivity contribution in [3.8, 4) is 0 Å². The Morgan fingerprint density at radius 2 is 1.95 bits per heavy atom.